The number of aryl methyl sites for hydroxylation is 1. The minimum atomic E-state index is -4.86. The van der Waals surface area contributed by atoms with E-state index in [1.165, 1.54) is 0 Å². The Hall–Kier alpha value is -2.74. The molecule has 1 aliphatic rings. The van der Waals surface area contributed by atoms with Crippen LogP contribution in [0, 0.1) is 0 Å². The fourth-order valence-electron chi connectivity index (χ4n) is 3.27. The van der Waals surface area contributed by atoms with Crippen LogP contribution in [0.2, 0.25) is 5.02 Å². The fourth-order valence-corrected chi connectivity index (χ4v) is 3.57. The zero-order chi connectivity index (χ0) is 21.9. The van der Waals surface area contributed by atoms with Gasteiger partial charge in [0.15, 0.2) is 0 Å². The maximum absolute atomic E-state index is 12.6. The molecular weight excluding hydrogens is 419 g/mol. The van der Waals surface area contributed by atoms with Crippen LogP contribution in [0.25, 0.3) is 0 Å². The summed E-state index contributed by atoms with van der Waals surface area (Å²) < 4.78 is 37.7. The van der Waals surface area contributed by atoms with E-state index in [0.717, 1.165) is 16.9 Å². The van der Waals surface area contributed by atoms with Gasteiger partial charge < -0.3 is 15.1 Å². The molecule has 0 atom stereocenters. The first-order chi connectivity index (χ1) is 14.2. The number of anilines is 2. The van der Waals surface area contributed by atoms with Crippen molar-refractivity contribution in [2.75, 3.05) is 36.4 Å². The van der Waals surface area contributed by atoms with Gasteiger partial charge >= 0.3 is 12.1 Å². The summed E-state index contributed by atoms with van der Waals surface area (Å²) in [6.45, 7) is 2.42. The molecule has 0 saturated carbocycles. The Morgan fingerprint density at radius 2 is 1.67 bits per heavy atom. The lowest BCUT2D eigenvalue weighted by Gasteiger charge is -2.36. The number of alkyl halides is 3. The van der Waals surface area contributed by atoms with Crippen molar-refractivity contribution >= 4 is 34.8 Å². The van der Waals surface area contributed by atoms with Crippen molar-refractivity contribution in [2.24, 2.45) is 0 Å². The third-order valence-corrected chi connectivity index (χ3v) is 5.28. The van der Waals surface area contributed by atoms with Crippen LogP contribution in [0.4, 0.5) is 24.5 Å². The number of rotatable bonds is 4. The van der Waals surface area contributed by atoms with E-state index in [1.807, 2.05) is 24.0 Å². The molecule has 3 rings (SSSR count). The molecule has 2 aromatic rings. The third-order valence-electron chi connectivity index (χ3n) is 4.98. The molecule has 0 unspecified atom stereocenters. The first kappa shape index (κ1) is 22.0. The van der Waals surface area contributed by atoms with Crippen LogP contribution in [0.3, 0.4) is 0 Å². The van der Waals surface area contributed by atoms with Crippen molar-refractivity contribution in [1.82, 2.24) is 4.90 Å². The number of halogens is 4. The Bertz CT molecular complexity index is 924. The number of benzene rings is 2. The standard InChI is InChI=1S/C21H21ClF3N3O2/c1-2-14-3-5-15(6-4-14)19(29)26-16-7-8-18(17(22)13-16)27-9-11-28(12-10-27)20(30)21(23,24)25/h3-8,13H,2,9-12H2,1H3,(H,26,29). The highest BCUT2D eigenvalue weighted by atomic mass is 35.5. The number of nitrogens with zero attached hydrogens (tertiary/aromatic N) is 2. The minimum absolute atomic E-state index is 0.0408. The topological polar surface area (TPSA) is 52.7 Å². The van der Waals surface area contributed by atoms with Crippen molar-refractivity contribution in [3.05, 3.63) is 58.6 Å². The summed E-state index contributed by atoms with van der Waals surface area (Å²) in [7, 11) is 0. The second kappa shape index (κ2) is 8.95. The van der Waals surface area contributed by atoms with Crippen LogP contribution in [0.5, 0.6) is 0 Å². The van der Waals surface area contributed by atoms with E-state index >= 15 is 0 Å². The van der Waals surface area contributed by atoms with E-state index in [1.54, 1.807) is 30.3 Å². The number of carbonyl (C=O) groups excluding carboxylic acids is 2. The van der Waals surface area contributed by atoms with Crippen molar-refractivity contribution in [2.45, 2.75) is 19.5 Å². The smallest absolute Gasteiger partial charge is 0.367 e. The molecule has 0 spiro atoms. The molecule has 2 aromatic carbocycles. The van der Waals surface area contributed by atoms with Gasteiger partial charge in [0.05, 0.1) is 10.7 Å². The Balaban J connectivity index is 1.63. The Kier molecular flexibility index (Phi) is 6.55. The van der Waals surface area contributed by atoms with E-state index in [0.29, 0.717) is 22.0 Å². The molecule has 2 amide bonds. The van der Waals surface area contributed by atoms with Crippen LogP contribution in [-0.2, 0) is 11.2 Å². The lowest BCUT2D eigenvalue weighted by Crippen LogP contribution is -2.52. The van der Waals surface area contributed by atoms with E-state index in [2.05, 4.69) is 5.32 Å². The molecule has 0 bridgehead atoms. The molecule has 30 heavy (non-hydrogen) atoms. The van der Waals surface area contributed by atoms with Crippen LogP contribution >= 0.6 is 11.6 Å². The lowest BCUT2D eigenvalue weighted by molar-refractivity contribution is -0.185. The van der Waals surface area contributed by atoms with Gasteiger partial charge in [0.1, 0.15) is 0 Å². The van der Waals surface area contributed by atoms with Gasteiger partial charge in [0.25, 0.3) is 5.91 Å². The summed E-state index contributed by atoms with van der Waals surface area (Å²) in [5.74, 6) is -2.08. The van der Waals surface area contributed by atoms with Crippen LogP contribution < -0.4 is 10.2 Å². The summed E-state index contributed by atoms with van der Waals surface area (Å²) in [5, 5.41) is 3.15. The molecule has 5 nitrogen and oxygen atoms in total. The predicted octanol–water partition coefficient (Wildman–Crippen LogP) is 4.37. The van der Waals surface area contributed by atoms with Crippen molar-refractivity contribution in [3.8, 4) is 0 Å². The number of nitrogens with one attached hydrogen (secondary N) is 1. The molecule has 9 heteroatoms. The van der Waals surface area contributed by atoms with Crippen LogP contribution in [-0.4, -0.2) is 49.1 Å². The zero-order valence-electron chi connectivity index (χ0n) is 16.3. The molecule has 0 radical (unpaired) electrons. The molecule has 1 aliphatic heterocycles. The first-order valence-electron chi connectivity index (χ1n) is 9.50. The molecule has 1 fully saturated rings. The van der Waals surface area contributed by atoms with Gasteiger partial charge in [0, 0.05) is 37.4 Å². The third kappa shape index (κ3) is 5.05. The largest absolute Gasteiger partial charge is 0.471 e. The molecule has 160 valence electrons. The fraction of sp³-hybridized carbons (Fsp3) is 0.333. The zero-order valence-corrected chi connectivity index (χ0v) is 17.1. The van der Waals surface area contributed by atoms with Gasteiger partial charge in [-0.3, -0.25) is 9.59 Å². The SMILES string of the molecule is CCc1ccc(C(=O)Nc2ccc(N3CCN(C(=O)C(F)(F)F)CC3)c(Cl)c2)cc1. The van der Waals surface area contributed by atoms with E-state index in [4.69, 9.17) is 11.6 Å². The molecule has 1 heterocycles. The molecule has 0 aliphatic carbocycles. The number of amides is 2. The Morgan fingerprint density at radius 1 is 1.03 bits per heavy atom. The number of hydrogen-bond donors (Lipinski definition) is 1. The van der Waals surface area contributed by atoms with Crippen LogP contribution in [0.1, 0.15) is 22.8 Å². The highest BCUT2D eigenvalue weighted by molar-refractivity contribution is 6.33. The molecular formula is C21H21ClF3N3O2. The van der Waals surface area contributed by atoms with E-state index in [9.17, 15) is 22.8 Å². The quantitative estimate of drug-likeness (QED) is 0.770. The van der Waals surface area contributed by atoms with Gasteiger partial charge in [-0.05, 0) is 42.3 Å². The lowest BCUT2D eigenvalue weighted by atomic mass is 10.1. The summed E-state index contributed by atoms with van der Waals surface area (Å²) in [6.07, 6.45) is -3.98. The Morgan fingerprint density at radius 3 is 2.20 bits per heavy atom. The predicted molar refractivity (Wildman–Crippen MR) is 110 cm³/mol. The highest BCUT2D eigenvalue weighted by Crippen LogP contribution is 2.30. The average molecular weight is 440 g/mol. The van der Waals surface area contributed by atoms with Gasteiger partial charge in [0.2, 0.25) is 0 Å². The maximum Gasteiger partial charge on any atom is 0.471 e. The Labute approximate surface area is 177 Å². The summed E-state index contributed by atoms with van der Waals surface area (Å²) in [6, 6.07) is 12.3. The van der Waals surface area contributed by atoms with Gasteiger partial charge in [-0.1, -0.05) is 30.7 Å². The monoisotopic (exact) mass is 439 g/mol. The van der Waals surface area contributed by atoms with Gasteiger partial charge in [-0.15, -0.1) is 0 Å². The molecule has 1 N–H and O–H groups in total. The van der Waals surface area contributed by atoms with Crippen molar-refractivity contribution in [1.29, 1.82) is 0 Å². The summed E-state index contributed by atoms with van der Waals surface area (Å²) >= 11 is 6.35. The maximum atomic E-state index is 12.6. The second-order valence-corrected chi connectivity index (χ2v) is 7.35. The van der Waals surface area contributed by atoms with Crippen LogP contribution in [0.15, 0.2) is 42.5 Å². The van der Waals surface area contributed by atoms with Gasteiger partial charge in [-0.2, -0.15) is 13.2 Å². The minimum Gasteiger partial charge on any atom is -0.367 e. The molecule has 1 saturated heterocycles. The van der Waals surface area contributed by atoms with Crippen molar-refractivity contribution in [3.63, 3.8) is 0 Å². The number of piperazine rings is 1. The van der Waals surface area contributed by atoms with Crippen molar-refractivity contribution < 1.29 is 22.8 Å². The van der Waals surface area contributed by atoms with E-state index in [-0.39, 0.29) is 32.1 Å². The summed E-state index contributed by atoms with van der Waals surface area (Å²) in [4.78, 5) is 26.4. The summed E-state index contributed by atoms with van der Waals surface area (Å²) in [5.41, 5.74) is 2.81. The number of carbonyl (C=O) groups is 2. The molecule has 0 aromatic heterocycles. The number of hydrogen-bond acceptors (Lipinski definition) is 3. The normalized spacial score (nSPS) is 14.6. The second-order valence-electron chi connectivity index (χ2n) is 6.95. The highest BCUT2D eigenvalue weighted by Gasteiger charge is 2.43. The van der Waals surface area contributed by atoms with E-state index < -0.39 is 12.1 Å². The van der Waals surface area contributed by atoms with Gasteiger partial charge in [-0.25, -0.2) is 0 Å². The average Bonchev–Trinajstić information content (AvgIpc) is 2.73. The first-order valence-corrected chi connectivity index (χ1v) is 9.87.